The van der Waals surface area contributed by atoms with Crippen LogP contribution in [-0.2, 0) is 4.74 Å². The molecule has 0 aromatic rings. The maximum absolute atomic E-state index is 5.68. The molecule has 1 aliphatic heterocycles. The highest BCUT2D eigenvalue weighted by Crippen LogP contribution is 2.30. The molecule has 4 atom stereocenters. The number of hydrogen-bond donors (Lipinski definition) is 0. The Hall–Kier alpha value is 0.0249. The van der Waals surface area contributed by atoms with Crippen LogP contribution in [0.4, 0.5) is 0 Å². The van der Waals surface area contributed by atoms with Crippen LogP contribution in [0.1, 0.15) is 20.8 Å². The molecular weight excluding hydrogens is 123 g/mol. The van der Waals surface area contributed by atoms with Crippen molar-refractivity contribution in [3.8, 4) is 0 Å². The van der Waals surface area contributed by atoms with Gasteiger partial charge in [0.2, 0.25) is 0 Å². The third-order valence-corrected chi connectivity index (χ3v) is 2.79. The lowest BCUT2D eigenvalue weighted by atomic mass is 9.68. The minimum Gasteiger partial charge on any atom is -0.384 e. The zero-order valence-corrected chi connectivity index (χ0v) is 7.29. The van der Waals surface area contributed by atoms with Gasteiger partial charge in [-0.3, -0.25) is 0 Å². The summed E-state index contributed by atoms with van der Waals surface area (Å²) in [5.74, 6) is 1.40. The number of rotatable bonds is 1. The summed E-state index contributed by atoms with van der Waals surface area (Å²) in [5.41, 5.74) is 0. The van der Waals surface area contributed by atoms with E-state index in [9.17, 15) is 0 Å². The lowest BCUT2D eigenvalue weighted by Crippen LogP contribution is -2.20. The second-order valence-corrected chi connectivity index (χ2v) is 3.36. The van der Waals surface area contributed by atoms with Crippen molar-refractivity contribution in [1.29, 1.82) is 0 Å². The summed E-state index contributed by atoms with van der Waals surface area (Å²) in [6, 6.07) is 0.394. The Kier molecular flexibility index (Phi) is 2.40. The molecule has 10 heavy (non-hydrogen) atoms. The minimum atomic E-state index is 0.394. The zero-order valence-electron chi connectivity index (χ0n) is 7.29. The van der Waals surface area contributed by atoms with E-state index < -0.39 is 0 Å². The maximum Gasteiger partial charge on any atom is 0.146 e. The van der Waals surface area contributed by atoms with E-state index in [0.29, 0.717) is 23.9 Å². The van der Waals surface area contributed by atoms with Crippen molar-refractivity contribution >= 4 is 7.28 Å². The van der Waals surface area contributed by atoms with Crippen LogP contribution in [0, 0.1) is 11.8 Å². The largest absolute Gasteiger partial charge is 0.384 e. The van der Waals surface area contributed by atoms with Crippen LogP contribution in [0.15, 0.2) is 0 Å². The molecule has 0 spiro atoms. The Morgan fingerprint density at radius 3 is 1.90 bits per heavy atom. The molecule has 1 radical (unpaired) electrons. The molecule has 0 saturated carbocycles. The van der Waals surface area contributed by atoms with Crippen LogP contribution in [0.3, 0.4) is 0 Å². The molecule has 1 heterocycles. The molecule has 1 saturated heterocycles. The molecule has 0 aliphatic carbocycles. The summed E-state index contributed by atoms with van der Waals surface area (Å²) in [5, 5.41) is 0. The molecule has 0 N–H and O–H groups in total. The second-order valence-electron chi connectivity index (χ2n) is 3.36. The van der Waals surface area contributed by atoms with Crippen molar-refractivity contribution < 1.29 is 4.74 Å². The Morgan fingerprint density at radius 1 is 1.10 bits per heavy atom. The predicted octanol–water partition coefficient (Wildman–Crippen LogP) is 1.76. The van der Waals surface area contributed by atoms with Gasteiger partial charge in [-0.15, -0.1) is 0 Å². The number of ether oxygens (including phenoxy) is 1. The van der Waals surface area contributed by atoms with Gasteiger partial charge < -0.3 is 4.74 Å². The quantitative estimate of drug-likeness (QED) is 0.503. The van der Waals surface area contributed by atoms with Crippen molar-refractivity contribution in [3.63, 3.8) is 0 Å². The molecule has 1 aliphatic rings. The van der Waals surface area contributed by atoms with E-state index in [1.807, 2.05) is 0 Å². The first-order valence-corrected chi connectivity index (χ1v) is 4.11. The third kappa shape index (κ3) is 1.22. The maximum atomic E-state index is 5.68. The number of hydrogen-bond acceptors (Lipinski definition) is 1. The van der Waals surface area contributed by atoms with E-state index in [1.165, 1.54) is 0 Å². The Morgan fingerprint density at radius 2 is 1.70 bits per heavy atom. The first-order chi connectivity index (χ1) is 4.66. The standard InChI is InChI=1S/C8H16BO/c1-5-6(2)8(9-4)10-7(5)3/h5-8H,1-4H3. The Labute approximate surface area is 64.4 Å². The van der Waals surface area contributed by atoms with E-state index in [4.69, 9.17) is 4.74 Å². The molecule has 0 bridgehead atoms. The summed E-state index contributed by atoms with van der Waals surface area (Å²) in [6.45, 7) is 8.76. The fourth-order valence-corrected chi connectivity index (χ4v) is 1.60. The summed E-state index contributed by atoms with van der Waals surface area (Å²) >= 11 is 0. The van der Waals surface area contributed by atoms with Crippen LogP contribution in [0.25, 0.3) is 0 Å². The van der Waals surface area contributed by atoms with Gasteiger partial charge in [-0.05, 0) is 18.8 Å². The first-order valence-electron chi connectivity index (χ1n) is 4.11. The highest BCUT2D eigenvalue weighted by atomic mass is 16.5. The van der Waals surface area contributed by atoms with Gasteiger partial charge in [0.25, 0.3) is 0 Å². The SMILES string of the molecule is C[B]C1OC(C)C(C)C1C. The van der Waals surface area contributed by atoms with Crippen molar-refractivity contribution in [1.82, 2.24) is 0 Å². The molecule has 1 nitrogen and oxygen atoms in total. The first kappa shape index (κ1) is 8.12. The zero-order chi connectivity index (χ0) is 7.72. The summed E-state index contributed by atoms with van der Waals surface area (Å²) < 4.78 is 5.68. The van der Waals surface area contributed by atoms with E-state index in [-0.39, 0.29) is 0 Å². The van der Waals surface area contributed by atoms with Gasteiger partial charge in [0.15, 0.2) is 0 Å². The Balaban J connectivity index is 2.53. The van der Waals surface area contributed by atoms with Crippen molar-refractivity contribution in [3.05, 3.63) is 0 Å². The topological polar surface area (TPSA) is 9.23 Å². The van der Waals surface area contributed by atoms with Crippen LogP contribution < -0.4 is 0 Å². The third-order valence-electron chi connectivity index (χ3n) is 2.79. The normalized spacial score (nSPS) is 47.6. The van der Waals surface area contributed by atoms with E-state index in [0.717, 1.165) is 0 Å². The molecule has 0 aromatic carbocycles. The van der Waals surface area contributed by atoms with E-state index in [1.54, 1.807) is 0 Å². The van der Waals surface area contributed by atoms with Gasteiger partial charge in [0, 0.05) is 6.00 Å². The van der Waals surface area contributed by atoms with E-state index in [2.05, 4.69) is 34.9 Å². The van der Waals surface area contributed by atoms with Crippen LogP contribution in [0.5, 0.6) is 0 Å². The fraction of sp³-hybridized carbons (Fsp3) is 1.00. The molecule has 1 fully saturated rings. The molecule has 2 heteroatoms. The monoisotopic (exact) mass is 139 g/mol. The summed E-state index contributed by atoms with van der Waals surface area (Å²) in [4.78, 5) is 0. The van der Waals surface area contributed by atoms with E-state index >= 15 is 0 Å². The molecule has 0 amide bonds. The van der Waals surface area contributed by atoms with Gasteiger partial charge in [0.1, 0.15) is 7.28 Å². The molecule has 4 unspecified atom stereocenters. The van der Waals surface area contributed by atoms with Gasteiger partial charge in [0.05, 0.1) is 6.10 Å². The van der Waals surface area contributed by atoms with Gasteiger partial charge in [-0.2, -0.15) is 0 Å². The highest BCUT2D eigenvalue weighted by molar-refractivity contribution is 6.35. The fourth-order valence-electron chi connectivity index (χ4n) is 1.60. The predicted molar refractivity (Wildman–Crippen MR) is 44.3 cm³/mol. The lowest BCUT2D eigenvalue weighted by molar-refractivity contribution is 0.0839. The minimum absolute atomic E-state index is 0.394. The van der Waals surface area contributed by atoms with Crippen molar-refractivity contribution in [2.75, 3.05) is 0 Å². The van der Waals surface area contributed by atoms with Gasteiger partial charge in [-0.25, -0.2) is 0 Å². The van der Waals surface area contributed by atoms with Gasteiger partial charge >= 0.3 is 0 Å². The van der Waals surface area contributed by atoms with Gasteiger partial charge in [-0.1, -0.05) is 20.7 Å². The molecular formula is C8H16BO. The molecule has 1 rings (SSSR count). The van der Waals surface area contributed by atoms with Crippen molar-refractivity contribution in [2.24, 2.45) is 11.8 Å². The smallest absolute Gasteiger partial charge is 0.146 e. The lowest BCUT2D eigenvalue weighted by Gasteiger charge is -2.12. The average molecular weight is 139 g/mol. The summed E-state index contributed by atoms with van der Waals surface area (Å²) in [6.07, 6.45) is 0.441. The van der Waals surface area contributed by atoms with Crippen LogP contribution in [-0.4, -0.2) is 19.4 Å². The summed E-state index contributed by atoms with van der Waals surface area (Å²) in [7, 11) is 2.16. The van der Waals surface area contributed by atoms with Crippen LogP contribution in [0.2, 0.25) is 6.82 Å². The van der Waals surface area contributed by atoms with Crippen molar-refractivity contribution in [2.45, 2.75) is 39.7 Å². The van der Waals surface area contributed by atoms with Crippen LogP contribution >= 0.6 is 0 Å². The molecule has 0 aromatic heterocycles. The Bertz CT molecular complexity index is 116. The molecule has 57 valence electrons. The average Bonchev–Trinajstić information content (AvgIpc) is 2.17. The second kappa shape index (κ2) is 2.95. The highest BCUT2D eigenvalue weighted by Gasteiger charge is 2.34.